The number of hydrogen-bond donors (Lipinski definition) is 1. The van der Waals surface area contributed by atoms with Crippen molar-refractivity contribution < 1.29 is 14.3 Å². The van der Waals surface area contributed by atoms with Gasteiger partial charge in [0, 0.05) is 24.8 Å². The molecule has 7 nitrogen and oxygen atoms in total. The highest BCUT2D eigenvalue weighted by Gasteiger charge is 2.31. The third kappa shape index (κ3) is 3.64. The van der Waals surface area contributed by atoms with Crippen LogP contribution in [-0.4, -0.2) is 42.1 Å². The summed E-state index contributed by atoms with van der Waals surface area (Å²) in [6, 6.07) is 13.0. The molecule has 0 saturated carbocycles. The van der Waals surface area contributed by atoms with Crippen molar-refractivity contribution in [3.8, 4) is 17.3 Å². The summed E-state index contributed by atoms with van der Waals surface area (Å²) in [5, 5.41) is 11.7. The molecule has 1 N–H and O–H groups in total. The fourth-order valence-corrected chi connectivity index (χ4v) is 2.91. The first-order chi connectivity index (χ1) is 12.6. The maximum Gasteiger partial charge on any atom is 0.318 e. The van der Waals surface area contributed by atoms with Gasteiger partial charge in [-0.05, 0) is 17.7 Å². The number of amides is 2. The monoisotopic (exact) mass is 350 g/mol. The number of hydrogen-bond acceptors (Lipinski definition) is 5. The zero-order valence-corrected chi connectivity index (χ0v) is 14.3. The Morgan fingerprint density at radius 3 is 2.73 bits per heavy atom. The zero-order valence-electron chi connectivity index (χ0n) is 14.3. The number of benzene rings is 1. The Morgan fingerprint density at radius 1 is 1.35 bits per heavy atom. The van der Waals surface area contributed by atoms with Crippen LogP contribution in [0.25, 0.3) is 11.3 Å². The van der Waals surface area contributed by atoms with E-state index in [0.717, 1.165) is 16.8 Å². The number of carbonyl (C=O) groups excluding carboxylic acids is 2. The van der Waals surface area contributed by atoms with Gasteiger partial charge in [0.25, 0.3) is 0 Å². The van der Waals surface area contributed by atoms with Crippen LogP contribution >= 0.6 is 0 Å². The number of methoxy groups -OCH3 is 1. The van der Waals surface area contributed by atoms with E-state index < -0.39 is 0 Å². The molecule has 1 atom stereocenters. The Bertz CT molecular complexity index is 841. The van der Waals surface area contributed by atoms with Crippen molar-refractivity contribution in [1.29, 1.82) is 5.26 Å². The first-order valence-electron chi connectivity index (χ1n) is 8.20. The van der Waals surface area contributed by atoms with Crippen LogP contribution in [0.15, 0.2) is 42.6 Å². The Kier molecular flexibility index (Phi) is 5.13. The Labute approximate surface area is 151 Å². The Hall–Kier alpha value is -3.40. The number of nitrogens with zero attached hydrogens (tertiary/aromatic N) is 3. The second kappa shape index (κ2) is 7.66. The lowest BCUT2D eigenvalue weighted by Crippen LogP contribution is -2.32. The number of pyridine rings is 1. The van der Waals surface area contributed by atoms with Crippen LogP contribution in [0.2, 0.25) is 0 Å². The average molecular weight is 350 g/mol. The summed E-state index contributed by atoms with van der Waals surface area (Å²) >= 11 is 0. The van der Waals surface area contributed by atoms with Gasteiger partial charge >= 0.3 is 12.0 Å². The molecule has 0 aliphatic carbocycles. The second-order valence-corrected chi connectivity index (χ2v) is 5.89. The molecule has 1 aromatic heterocycles. The SMILES string of the molecule is COC(=O)CCN1C(=O)NCC1c1ccc(-c2ccc(C#N)cn2)cc1. The van der Waals surface area contributed by atoms with Gasteiger partial charge in [-0.15, -0.1) is 0 Å². The number of rotatable bonds is 5. The van der Waals surface area contributed by atoms with E-state index >= 15 is 0 Å². The maximum absolute atomic E-state index is 12.0. The predicted molar refractivity (Wildman–Crippen MR) is 93.9 cm³/mol. The molecule has 1 unspecified atom stereocenters. The van der Waals surface area contributed by atoms with Crippen molar-refractivity contribution in [3.05, 3.63) is 53.7 Å². The molecule has 7 heteroatoms. The summed E-state index contributed by atoms with van der Waals surface area (Å²) in [7, 11) is 1.33. The number of nitrogens with one attached hydrogen (secondary N) is 1. The molecule has 0 radical (unpaired) electrons. The topological polar surface area (TPSA) is 95.3 Å². The standard InChI is InChI=1S/C19H18N4O3/c1-26-18(24)8-9-23-17(12-22-19(23)25)15-5-3-14(4-6-15)16-7-2-13(10-20)11-21-16/h2-7,11,17H,8-9,12H2,1H3,(H,22,25). The number of urea groups is 1. The lowest BCUT2D eigenvalue weighted by molar-refractivity contribution is -0.140. The molecule has 26 heavy (non-hydrogen) atoms. The quantitative estimate of drug-likeness (QED) is 0.835. The van der Waals surface area contributed by atoms with E-state index in [4.69, 9.17) is 5.26 Å². The molecule has 1 saturated heterocycles. The fraction of sp³-hybridized carbons (Fsp3) is 0.263. The minimum absolute atomic E-state index is 0.130. The highest BCUT2D eigenvalue weighted by Crippen LogP contribution is 2.27. The van der Waals surface area contributed by atoms with Crippen LogP contribution in [0.1, 0.15) is 23.6 Å². The van der Waals surface area contributed by atoms with E-state index in [1.54, 1.807) is 17.0 Å². The number of nitriles is 1. The van der Waals surface area contributed by atoms with E-state index in [0.29, 0.717) is 18.7 Å². The van der Waals surface area contributed by atoms with Crippen LogP contribution in [0.3, 0.4) is 0 Å². The molecular weight excluding hydrogens is 332 g/mol. The molecule has 1 aliphatic heterocycles. The fourth-order valence-electron chi connectivity index (χ4n) is 2.91. The highest BCUT2D eigenvalue weighted by molar-refractivity contribution is 5.78. The molecule has 1 fully saturated rings. The minimum atomic E-state index is -0.342. The smallest absolute Gasteiger partial charge is 0.318 e. The van der Waals surface area contributed by atoms with Crippen LogP contribution in [-0.2, 0) is 9.53 Å². The number of aromatic nitrogens is 1. The molecule has 0 bridgehead atoms. The van der Waals surface area contributed by atoms with Crippen molar-refractivity contribution in [2.75, 3.05) is 20.2 Å². The summed E-state index contributed by atoms with van der Waals surface area (Å²) in [5.74, 6) is -0.342. The molecule has 132 valence electrons. The van der Waals surface area contributed by atoms with E-state index in [1.165, 1.54) is 13.3 Å². The molecule has 0 spiro atoms. The largest absolute Gasteiger partial charge is 0.469 e. The Morgan fingerprint density at radius 2 is 2.12 bits per heavy atom. The first-order valence-corrected chi connectivity index (χ1v) is 8.20. The van der Waals surface area contributed by atoms with Crippen LogP contribution in [0.5, 0.6) is 0 Å². The molecule has 1 aliphatic rings. The van der Waals surface area contributed by atoms with Crippen molar-refractivity contribution in [3.63, 3.8) is 0 Å². The van der Waals surface area contributed by atoms with Gasteiger partial charge in [-0.1, -0.05) is 24.3 Å². The number of carbonyl (C=O) groups is 2. The van der Waals surface area contributed by atoms with E-state index in [-0.39, 0.29) is 24.5 Å². The van der Waals surface area contributed by atoms with Gasteiger partial charge in [0.1, 0.15) is 6.07 Å². The Balaban J connectivity index is 1.75. The van der Waals surface area contributed by atoms with Gasteiger partial charge in [0.05, 0.1) is 30.8 Å². The van der Waals surface area contributed by atoms with Crippen LogP contribution < -0.4 is 5.32 Å². The van der Waals surface area contributed by atoms with Gasteiger partial charge in [0.15, 0.2) is 0 Å². The van der Waals surface area contributed by atoms with Crippen molar-refractivity contribution in [1.82, 2.24) is 15.2 Å². The highest BCUT2D eigenvalue weighted by atomic mass is 16.5. The summed E-state index contributed by atoms with van der Waals surface area (Å²) < 4.78 is 4.64. The third-order valence-electron chi connectivity index (χ3n) is 4.35. The molecular formula is C19H18N4O3. The van der Waals surface area contributed by atoms with Gasteiger partial charge < -0.3 is 15.0 Å². The predicted octanol–water partition coefficient (Wildman–Crippen LogP) is 2.25. The zero-order chi connectivity index (χ0) is 18.5. The third-order valence-corrected chi connectivity index (χ3v) is 4.35. The maximum atomic E-state index is 12.0. The number of ether oxygens (including phenoxy) is 1. The summed E-state index contributed by atoms with van der Waals surface area (Å²) in [5.41, 5.74) is 3.20. The normalized spacial score (nSPS) is 16.1. The molecule has 2 aromatic rings. The first kappa shape index (κ1) is 17.4. The van der Waals surface area contributed by atoms with Gasteiger partial charge in [-0.3, -0.25) is 9.78 Å². The molecule has 1 aromatic carbocycles. The van der Waals surface area contributed by atoms with Gasteiger partial charge in [0.2, 0.25) is 0 Å². The van der Waals surface area contributed by atoms with E-state index in [2.05, 4.69) is 15.0 Å². The van der Waals surface area contributed by atoms with Crippen LogP contribution in [0.4, 0.5) is 4.79 Å². The lowest BCUT2D eigenvalue weighted by atomic mass is 10.0. The van der Waals surface area contributed by atoms with E-state index in [9.17, 15) is 9.59 Å². The van der Waals surface area contributed by atoms with E-state index in [1.807, 2.05) is 30.3 Å². The lowest BCUT2D eigenvalue weighted by Gasteiger charge is -2.23. The summed E-state index contributed by atoms with van der Waals surface area (Å²) in [6.07, 6.45) is 1.70. The minimum Gasteiger partial charge on any atom is -0.469 e. The molecule has 3 rings (SSSR count). The summed E-state index contributed by atoms with van der Waals surface area (Å²) in [6.45, 7) is 0.802. The van der Waals surface area contributed by atoms with Gasteiger partial charge in [-0.2, -0.15) is 5.26 Å². The van der Waals surface area contributed by atoms with Crippen molar-refractivity contribution in [2.45, 2.75) is 12.5 Å². The summed E-state index contributed by atoms with van der Waals surface area (Å²) in [4.78, 5) is 29.3. The van der Waals surface area contributed by atoms with Gasteiger partial charge in [-0.25, -0.2) is 4.79 Å². The molecule has 2 amide bonds. The number of esters is 1. The average Bonchev–Trinajstić information content (AvgIpc) is 3.06. The molecule has 2 heterocycles. The second-order valence-electron chi connectivity index (χ2n) is 5.89. The van der Waals surface area contributed by atoms with Crippen LogP contribution in [0, 0.1) is 11.3 Å². The van der Waals surface area contributed by atoms with Crippen molar-refractivity contribution in [2.24, 2.45) is 0 Å². The van der Waals surface area contributed by atoms with Crippen molar-refractivity contribution >= 4 is 12.0 Å².